The summed E-state index contributed by atoms with van der Waals surface area (Å²) in [7, 11) is 0. The number of nitrogens with one attached hydrogen (secondary N) is 1. The third kappa shape index (κ3) is 3.96. The fourth-order valence-corrected chi connectivity index (χ4v) is 1.90. The summed E-state index contributed by atoms with van der Waals surface area (Å²) < 4.78 is 0.989. The summed E-state index contributed by atoms with van der Waals surface area (Å²) >= 11 is 9.24. The Morgan fingerprint density at radius 1 is 1.57 bits per heavy atom. The molecule has 0 unspecified atom stereocenters. The van der Waals surface area contributed by atoms with Crippen molar-refractivity contribution >= 4 is 27.5 Å². The Balaban J connectivity index is 2.51. The molecule has 78 valence electrons. The molecule has 0 heterocycles. The van der Waals surface area contributed by atoms with Gasteiger partial charge in [-0.3, -0.25) is 0 Å². The Morgan fingerprint density at radius 2 is 2.29 bits per heavy atom. The molecule has 4 heteroatoms. The molecule has 1 atom stereocenters. The number of halogens is 2. The van der Waals surface area contributed by atoms with Crippen LogP contribution in [0.15, 0.2) is 22.7 Å². The van der Waals surface area contributed by atoms with Gasteiger partial charge in [-0.05, 0) is 24.6 Å². The molecule has 0 saturated heterocycles. The van der Waals surface area contributed by atoms with Crippen LogP contribution in [-0.4, -0.2) is 17.8 Å². The van der Waals surface area contributed by atoms with Gasteiger partial charge >= 0.3 is 0 Å². The Kier molecular flexibility index (Phi) is 4.89. The van der Waals surface area contributed by atoms with E-state index in [1.54, 1.807) is 6.92 Å². The summed E-state index contributed by atoms with van der Waals surface area (Å²) in [6.45, 7) is 3.07. The average Bonchev–Trinajstić information content (AvgIpc) is 2.08. The van der Waals surface area contributed by atoms with Gasteiger partial charge in [-0.2, -0.15) is 0 Å². The first-order chi connectivity index (χ1) is 6.59. The average molecular weight is 279 g/mol. The fourth-order valence-electron chi connectivity index (χ4n) is 1.08. The molecule has 0 bridgehead atoms. The van der Waals surface area contributed by atoms with Crippen LogP contribution in [0.25, 0.3) is 0 Å². The van der Waals surface area contributed by atoms with Crippen molar-refractivity contribution in [2.75, 3.05) is 6.54 Å². The highest BCUT2D eigenvalue weighted by Gasteiger charge is 2.01. The lowest BCUT2D eigenvalue weighted by Gasteiger charge is -2.08. The summed E-state index contributed by atoms with van der Waals surface area (Å²) in [6, 6.07) is 5.67. The zero-order valence-corrected chi connectivity index (χ0v) is 10.3. The van der Waals surface area contributed by atoms with Crippen molar-refractivity contribution < 1.29 is 5.11 Å². The molecule has 0 radical (unpaired) electrons. The lowest BCUT2D eigenvalue weighted by molar-refractivity contribution is 0.191. The maximum Gasteiger partial charge on any atom is 0.0636 e. The van der Waals surface area contributed by atoms with Crippen LogP contribution in [0.1, 0.15) is 12.5 Å². The molecule has 1 aromatic rings. The summed E-state index contributed by atoms with van der Waals surface area (Å²) in [4.78, 5) is 0. The Morgan fingerprint density at radius 3 is 2.86 bits per heavy atom. The molecule has 0 aromatic heterocycles. The van der Waals surface area contributed by atoms with Gasteiger partial charge in [0.1, 0.15) is 0 Å². The summed E-state index contributed by atoms with van der Waals surface area (Å²) in [5, 5.41) is 12.9. The van der Waals surface area contributed by atoms with E-state index in [-0.39, 0.29) is 6.10 Å². The SMILES string of the molecule is C[C@H](O)CNCc1ccc(Cl)cc1Br. The van der Waals surface area contributed by atoms with Crippen LogP contribution < -0.4 is 5.32 Å². The third-order valence-electron chi connectivity index (χ3n) is 1.77. The summed E-state index contributed by atoms with van der Waals surface area (Å²) in [5.41, 5.74) is 1.13. The minimum atomic E-state index is -0.318. The maximum atomic E-state index is 9.05. The first kappa shape index (κ1) is 12.0. The molecule has 1 aromatic carbocycles. The van der Waals surface area contributed by atoms with Crippen LogP contribution >= 0.6 is 27.5 Å². The van der Waals surface area contributed by atoms with E-state index in [0.717, 1.165) is 21.6 Å². The minimum Gasteiger partial charge on any atom is -0.392 e. The molecular formula is C10H13BrClNO. The van der Waals surface area contributed by atoms with E-state index in [1.807, 2.05) is 18.2 Å². The molecule has 0 spiro atoms. The number of benzene rings is 1. The molecule has 0 fully saturated rings. The largest absolute Gasteiger partial charge is 0.392 e. The molecule has 0 amide bonds. The van der Waals surface area contributed by atoms with Crippen molar-refractivity contribution in [2.45, 2.75) is 19.6 Å². The van der Waals surface area contributed by atoms with E-state index in [1.165, 1.54) is 0 Å². The zero-order chi connectivity index (χ0) is 10.6. The number of aliphatic hydroxyl groups is 1. The van der Waals surface area contributed by atoms with E-state index >= 15 is 0 Å². The van der Waals surface area contributed by atoms with E-state index in [0.29, 0.717) is 6.54 Å². The van der Waals surface area contributed by atoms with Gasteiger partial charge in [0.2, 0.25) is 0 Å². The molecular weight excluding hydrogens is 265 g/mol. The summed E-state index contributed by atoms with van der Waals surface area (Å²) in [5.74, 6) is 0. The van der Waals surface area contributed by atoms with Crippen LogP contribution in [0.5, 0.6) is 0 Å². The summed E-state index contributed by atoms with van der Waals surface area (Å²) in [6.07, 6.45) is -0.318. The molecule has 14 heavy (non-hydrogen) atoms. The van der Waals surface area contributed by atoms with Gasteiger partial charge in [-0.1, -0.05) is 33.6 Å². The second-order valence-corrected chi connectivity index (χ2v) is 4.51. The van der Waals surface area contributed by atoms with E-state index in [2.05, 4.69) is 21.2 Å². The van der Waals surface area contributed by atoms with Crippen molar-refractivity contribution in [3.63, 3.8) is 0 Å². The number of hydrogen-bond donors (Lipinski definition) is 2. The van der Waals surface area contributed by atoms with Crippen LogP contribution in [0.4, 0.5) is 0 Å². The second-order valence-electron chi connectivity index (χ2n) is 3.22. The van der Waals surface area contributed by atoms with Crippen molar-refractivity contribution in [3.8, 4) is 0 Å². The van der Waals surface area contributed by atoms with Crippen LogP contribution in [0.3, 0.4) is 0 Å². The first-order valence-corrected chi connectivity index (χ1v) is 5.59. The van der Waals surface area contributed by atoms with Crippen molar-refractivity contribution in [2.24, 2.45) is 0 Å². The smallest absolute Gasteiger partial charge is 0.0636 e. The van der Waals surface area contributed by atoms with Crippen LogP contribution in [0, 0.1) is 0 Å². The second kappa shape index (κ2) is 5.71. The Bertz CT molecular complexity index is 304. The minimum absolute atomic E-state index is 0.318. The predicted octanol–water partition coefficient (Wildman–Crippen LogP) is 2.57. The standard InChI is InChI=1S/C10H13BrClNO/c1-7(14)5-13-6-8-2-3-9(12)4-10(8)11/h2-4,7,13-14H,5-6H2,1H3/t7-/m0/s1. The van der Waals surface area contributed by atoms with Crippen LogP contribution in [0.2, 0.25) is 5.02 Å². The van der Waals surface area contributed by atoms with Gasteiger partial charge < -0.3 is 10.4 Å². The van der Waals surface area contributed by atoms with Gasteiger partial charge in [0.25, 0.3) is 0 Å². The van der Waals surface area contributed by atoms with E-state index in [9.17, 15) is 0 Å². The quantitative estimate of drug-likeness (QED) is 0.887. The topological polar surface area (TPSA) is 32.3 Å². The number of aliphatic hydroxyl groups excluding tert-OH is 1. The molecule has 0 aliphatic rings. The van der Waals surface area contributed by atoms with Gasteiger partial charge in [-0.15, -0.1) is 0 Å². The maximum absolute atomic E-state index is 9.05. The normalized spacial score (nSPS) is 12.9. The van der Waals surface area contributed by atoms with Crippen molar-refractivity contribution in [3.05, 3.63) is 33.3 Å². The highest BCUT2D eigenvalue weighted by Crippen LogP contribution is 2.21. The van der Waals surface area contributed by atoms with Crippen molar-refractivity contribution in [1.82, 2.24) is 5.32 Å². The van der Waals surface area contributed by atoms with Gasteiger partial charge in [-0.25, -0.2) is 0 Å². The molecule has 2 nitrogen and oxygen atoms in total. The lowest BCUT2D eigenvalue weighted by atomic mass is 10.2. The van der Waals surface area contributed by atoms with Crippen molar-refractivity contribution in [1.29, 1.82) is 0 Å². The molecule has 0 aliphatic carbocycles. The molecule has 1 rings (SSSR count). The molecule has 0 aliphatic heterocycles. The number of rotatable bonds is 4. The first-order valence-electron chi connectivity index (χ1n) is 4.42. The Hall–Kier alpha value is -0.0900. The molecule has 0 saturated carbocycles. The monoisotopic (exact) mass is 277 g/mol. The van der Waals surface area contributed by atoms with E-state index < -0.39 is 0 Å². The highest BCUT2D eigenvalue weighted by atomic mass is 79.9. The highest BCUT2D eigenvalue weighted by molar-refractivity contribution is 9.10. The lowest BCUT2D eigenvalue weighted by Crippen LogP contribution is -2.23. The fraction of sp³-hybridized carbons (Fsp3) is 0.400. The van der Waals surface area contributed by atoms with Gasteiger partial charge in [0.05, 0.1) is 6.10 Å². The Labute approximate surface area is 97.4 Å². The van der Waals surface area contributed by atoms with Gasteiger partial charge in [0.15, 0.2) is 0 Å². The zero-order valence-electron chi connectivity index (χ0n) is 7.93. The number of hydrogen-bond acceptors (Lipinski definition) is 2. The van der Waals surface area contributed by atoms with Crippen LogP contribution in [-0.2, 0) is 6.54 Å². The van der Waals surface area contributed by atoms with E-state index in [4.69, 9.17) is 16.7 Å². The predicted molar refractivity (Wildman–Crippen MR) is 62.5 cm³/mol. The molecule has 2 N–H and O–H groups in total. The van der Waals surface area contributed by atoms with Gasteiger partial charge in [0, 0.05) is 22.6 Å². The third-order valence-corrected chi connectivity index (χ3v) is 2.74.